The Morgan fingerprint density at radius 3 is 2.79 bits per heavy atom. The molecule has 1 aliphatic carbocycles. The Labute approximate surface area is 193 Å². The molecule has 1 aromatic carbocycles. The number of alkyl halides is 2. The van der Waals surface area contributed by atoms with Crippen molar-refractivity contribution < 1.29 is 18.3 Å². The molecule has 1 fully saturated rings. The number of aryl methyl sites for hydroxylation is 1. The first kappa shape index (κ1) is 22.8. The summed E-state index contributed by atoms with van der Waals surface area (Å²) in [4.78, 5) is 24.0. The van der Waals surface area contributed by atoms with E-state index in [-0.39, 0.29) is 48.5 Å². The Morgan fingerprint density at radius 2 is 2.12 bits per heavy atom. The molecule has 0 saturated heterocycles. The second kappa shape index (κ2) is 8.87. The maximum Gasteiger partial charge on any atom is 0.299 e. The molecule has 170 valence electrons. The van der Waals surface area contributed by atoms with Crippen molar-refractivity contribution in [3.63, 3.8) is 0 Å². The first-order valence-electron chi connectivity index (χ1n) is 10.3. The third-order valence-electron chi connectivity index (χ3n) is 5.69. The lowest BCUT2D eigenvalue weighted by molar-refractivity contribution is -0.120. The van der Waals surface area contributed by atoms with Gasteiger partial charge in [-0.05, 0) is 44.0 Å². The number of halogens is 3. The molecule has 0 bridgehead atoms. The molecule has 7 nitrogen and oxygen atoms in total. The van der Waals surface area contributed by atoms with Crippen LogP contribution in [0.25, 0.3) is 11.0 Å². The molecule has 10 heteroatoms. The van der Waals surface area contributed by atoms with Crippen LogP contribution in [0.2, 0.25) is 5.15 Å². The van der Waals surface area contributed by atoms with E-state index >= 15 is 0 Å². The van der Waals surface area contributed by atoms with Crippen LogP contribution in [-0.2, 0) is 4.79 Å². The van der Waals surface area contributed by atoms with Gasteiger partial charge >= 0.3 is 0 Å². The maximum absolute atomic E-state index is 13.9. The number of nitriles is 1. The quantitative estimate of drug-likeness (QED) is 0.375. The van der Waals surface area contributed by atoms with Gasteiger partial charge in [0.2, 0.25) is 11.8 Å². The Bertz CT molecular complexity index is 1280. The van der Waals surface area contributed by atoms with E-state index in [1.807, 2.05) is 26.0 Å². The van der Waals surface area contributed by atoms with Gasteiger partial charge < -0.3 is 10.1 Å². The summed E-state index contributed by atoms with van der Waals surface area (Å²) >= 11 is 5.90. The molecule has 2 atom stereocenters. The Hall–Kier alpha value is -3.38. The first-order valence-corrected chi connectivity index (χ1v) is 10.7. The first-order chi connectivity index (χ1) is 15.7. The number of pyridine rings is 1. The number of nitrogens with zero attached hydrogens (tertiary/aromatic N) is 4. The molecule has 4 rings (SSSR count). The Balaban J connectivity index is 1.78. The van der Waals surface area contributed by atoms with Crippen LogP contribution in [-0.4, -0.2) is 27.3 Å². The zero-order valence-electron chi connectivity index (χ0n) is 17.9. The number of hydrogen-bond donors (Lipinski definition) is 1. The second-order valence-electron chi connectivity index (χ2n) is 8.15. The zero-order valence-corrected chi connectivity index (χ0v) is 18.7. The summed E-state index contributed by atoms with van der Waals surface area (Å²) in [6, 6.07) is 8.57. The smallest absolute Gasteiger partial charge is 0.299 e. The van der Waals surface area contributed by atoms with Crippen LogP contribution < -0.4 is 10.1 Å². The summed E-state index contributed by atoms with van der Waals surface area (Å²) in [6.45, 7) is 4.02. The summed E-state index contributed by atoms with van der Waals surface area (Å²) in [7, 11) is 0. The fourth-order valence-corrected chi connectivity index (χ4v) is 4.34. The molecular weight excluding hydrogens is 452 g/mol. The van der Waals surface area contributed by atoms with Crippen molar-refractivity contribution in [1.29, 1.82) is 5.26 Å². The van der Waals surface area contributed by atoms with Gasteiger partial charge in [0, 0.05) is 24.3 Å². The summed E-state index contributed by atoms with van der Waals surface area (Å²) < 4.78 is 32.7. The van der Waals surface area contributed by atoms with Gasteiger partial charge in [0.1, 0.15) is 11.2 Å². The van der Waals surface area contributed by atoms with E-state index in [1.54, 1.807) is 18.2 Å². The number of benzene rings is 1. The van der Waals surface area contributed by atoms with Crippen LogP contribution in [0.1, 0.15) is 60.7 Å². The number of aromatic nitrogens is 3. The molecule has 0 aliphatic heterocycles. The van der Waals surface area contributed by atoms with Gasteiger partial charge in [-0.3, -0.25) is 4.79 Å². The van der Waals surface area contributed by atoms with E-state index < -0.39 is 11.8 Å². The number of carbonyl (C=O) groups is 1. The van der Waals surface area contributed by atoms with Crippen LogP contribution in [0.5, 0.6) is 5.88 Å². The van der Waals surface area contributed by atoms with Crippen LogP contribution >= 0.6 is 11.6 Å². The third-order valence-corrected chi connectivity index (χ3v) is 5.90. The normalized spacial score (nSPS) is 18.0. The van der Waals surface area contributed by atoms with Crippen LogP contribution in [0.15, 0.2) is 24.3 Å². The van der Waals surface area contributed by atoms with Gasteiger partial charge in [-0.25, -0.2) is 18.7 Å². The molecule has 2 aromatic heterocycles. The molecule has 0 radical (unpaired) electrons. The molecule has 1 N–H and O–H groups in total. The van der Waals surface area contributed by atoms with Gasteiger partial charge in [-0.1, -0.05) is 17.7 Å². The van der Waals surface area contributed by atoms with Crippen molar-refractivity contribution in [3.8, 4) is 11.9 Å². The molecular formula is C23H20ClF2N5O2. The average molecular weight is 472 g/mol. The van der Waals surface area contributed by atoms with Gasteiger partial charge in [0.05, 0.1) is 28.5 Å². The Kier molecular flexibility index (Phi) is 6.13. The molecule has 0 unspecified atom stereocenters. The minimum absolute atomic E-state index is 0.0213. The molecule has 1 aliphatic rings. The lowest BCUT2D eigenvalue weighted by Crippen LogP contribution is -2.13. The van der Waals surface area contributed by atoms with Gasteiger partial charge in [0.15, 0.2) is 5.69 Å². The number of hydrogen-bond acceptors (Lipinski definition) is 7. The van der Waals surface area contributed by atoms with Gasteiger partial charge in [0.25, 0.3) is 6.47 Å². The van der Waals surface area contributed by atoms with E-state index in [2.05, 4.69) is 20.3 Å². The lowest BCUT2D eigenvalue weighted by atomic mass is 9.98. The number of nitrogens with one attached hydrogen (secondary N) is 1. The molecule has 0 amide bonds. The highest BCUT2D eigenvalue weighted by Gasteiger charge is 2.41. The largest absolute Gasteiger partial charge is 0.407 e. The summed E-state index contributed by atoms with van der Waals surface area (Å²) in [6.07, 6.45) is -0.330. The minimum atomic E-state index is -2.77. The van der Waals surface area contributed by atoms with Crippen molar-refractivity contribution in [3.05, 3.63) is 51.9 Å². The Morgan fingerprint density at radius 1 is 1.33 bits per heavy atom. The minimum Gasteiger partial charge on any atom is -0.407 e. The van der Waals surface area contributed by atoms with Gasteiger partial charge in [-0.15, -0.1) is 0 Å². The van der Waals surface area contributed by atoms with Crippen molar-refractivity contribution in [2.45, 2.75) is 51.0 Å². The number of anilines is 1. The fourth-order valence-electron chi connectivity index (χ4n) is 4.20. The molecule has 0 spiro atoms. The van der Waals surface area contributed by atoms with E-state index in [1.165, 1.54) is 0 Å². The second-order valence-corrected chi connectivity index (χ2v) is 8.54. The molecule has 1 saturated carbocycles. The van der Waals surface area contributed by atoms with E-state index in [0.717, 1.165) is 11.1 Å². The van der Waals surface area contributed by atoms with Crippen molar-refractivity contribution >= 4 is 34.8 Å². The monoisotopic (exact) mass is 471 g/mol. The predicted octanol–water partition coefficient (Wildman–Crippen LogP) is 5.47. The summed E-state index contributed by atoms with van der Waals surface area (Å²) in [5.74, 6) is -3.28. The number of carbonyl (C=O) groups excluding carboxylic acids is 1. The van der Waals surface area contributed by atoms with Crippen LogP contribution in [0, 0.1) is 18.3 Å². The number of ether oxygens (including phenoxy) is 1. The SMILES string of the molecule is Cc1cc([C@@H](C)Nc2ccc(Cl)nc2OC=O)c2nc([C@@H]3CCC(F)(F)C3)c(C#N)nc2c1. The van der Waals surface area contributed by atoms with Crippen molar-refractivity contribution in [1.82, 2.24) is 15.0 Å². The van der Waals surface area contributed by atoms with E-state index in [0.29, 0.717) is 22.4 Å². The number of rotatable bonds is 6. The third kappa shape index (κ3) is 4.71. The zero-order chi connectivity index (χ0) is 23.8. The fraction of sp³-hybridized carbons (Fsp3) is 0.348. The lowest BCUT2D eigenvalue weighted by Gasteiger charge is -2.20. The molecule has 3 aromatic rings. The summed E-state index contributed by atoms with van der Waals surface area (Å²) in [5, 5.41) is 13.0. The molecule has 33 heavy (non-hydrogen) atoms. The van der Waals surface area contributed by atoms with Crippen LogP contribution in [0.4, 0.5) is 14.5 Å². The van der Waals surface area contributed by atoms with Crippen LogP contribution in [0.3, 0.4) is 0 Å². The predicted molar refractivity (Wildman–Crippen MR) is 119 cm³/mol. The number of fused-ring (bicyclic) bond motifs is 1. The van der Waals surface area contributed by atoms with E-state index in [4.69, 9.17) is 16.3 Å². The van der Waals surface area contributed by atoms with Crippen molar-refractivity contribution in [2.75, 3.05) is 5.32 Å². The topological polar surface area (TPSA) is 101 Å². The molecule has 2 heterocycles. The average Bonchev–Trinajstić information content (AvgIpc) is 3.13. The highest BCUT2D eigenvalue weighted by atomic mass is 35.5. The standard InChI is InChI=1S/C23H20ClF2N5O2/c1-12-7-15(13(2)28-16-3-4-19(24)30-22(16)33-11-32)21-17(8-12)29-18(10-27)20(31-21)14-5-6-23(25,26)9-14/h3-4,7-8,11,13-14,28H,5-6,9H2,1-2H3/t13-,14-/m1/s1. The van der Waals surface area contributed by atoms with Crippen molar-refractivity contribution in [2.24, 2.45) is 0 Å². The van der Waals surface area contributed by atoms with E-state index in [9.17, 15) is 18.8 Å². The highest BCUT2D eigenvalue weighted by Crippen LogP contribution is 2.44. The summed E-state index contributed by atoms with van der Waals surface area (Å²) in [5.41, 5.74) is 3.48. The van der Waals surface area contributed by atoms with Gasteiger partial charge in [-0.2, -0.15) is 10.2 Å². The highest BCUT2D eigenvalue weighted by molar-refractivity contribution is 6.29. The maximum atomic E-state index is 13.9.